The number of ether oxygens (including phenoxy) is 2. The number of aromatic nitrogens is 1. The van der Waals surface area contributed by atoms with Gasteiger partial charge in [-0.2, -0.15) is 0 Å². The normalized spacial score (nSPS) is 13.6. The van der Waals surface area contributed by atoms with Gasteiger partial charge in [-0.15, -0.1) is 0 Å². The van der Waals surface area contributed by atoms with Crippen molar-refractivity contribution in [2.45, 2.75) is 26.0 Å². The third-order valence-electron chi connectivity index (χ3n) is 3.09. The molecule has 106 valence electrons. The number of aryl methyl sites for hydroxylation is 1. The molecule has 0 bridgehead atoms. The molecule has 2 aromatic rings. The molecule has 4 heteroatoms. The van der Waals surface area contributed by atoms with Gasteiger partial charge in [-0.1, -0.05) is 6.07 Å². The van der Waals surface area contributed by atoms with Gasteiger partial charge in [-0.25, -0.2) is 0 Å². The third-order valence-corrected chi connectivity index (χ3v) is 3.09. The van der Waals surface area contributed by atoms with Gasteiger partial charge in [0.1, 0.15) is 6.10 Å². The minimum absolute atomic E-state index is 0.150. The Labute approximate surface area is 119 Å². The SMILES string of the molecule is COc1cc(C)ccc1OC(c1ccncc1)C(C)N. The van der Waals surface area contributed by atoms with E-state index in [1.54, 1.807) is 19.5 Å². The van der Waals surface area contributed by atoms with Gasteiger partial charge in [0, 0.05) is 18.4 Å². The molecule has 0 aliphatic heterocycles. The molecule has 0 amide bonds. The van der Waals surface area contributed by atoms with Crippen molar-refractivity contribution in [1.29, 1.82) is 0 Å². The van der Waals surface area contributed by atoms with Crippen LogP contribution >= 0.6 is 0 Å². The Hall–Kier alpha value is -2.07. The first-order valence-corrected chi connectivity index (χ1v) is 6.58. The van der Waals surface area contributed by atoms with Crippen LogP contribution in [0.25, 0.3) is 0 Å². The van der Waals surface area contributed by atoms with Crippen molar-refractivity contribution in [3.8, 4) is 11.5 Å². The van der Waals surface area contributed by atoms with Crippen molar-refractivity contribution in [2.24, 2.45) is 5.73 Å². The third kappa shape index (κ3) is 3.27. The molecular formula is C16H20N2O2. The van der Waals surface area contributed by atoms with E-state index in [2.05, 4.69) is 4.98 Å². The Morgan fingerprint density at radius 2 is 1.80 bits per heavy atom. The first-order valence-electron chi connectivity index (χ1n) is 6.58. The van der Waals surface area contributed by atoms with Gasteiger partial charge in [0.15, 0.2) is 11.5 Å². The molecule has 0 fully saturated rings. The Balaban J connectivity index is 2.30. The Morgan fingerprint density at radius 3 is 2.40 bits per heavy atom. The molecule has 2 rings (SSSR count). The van der Waals surface area contributed by atoms with E-state index in [0.29, 0.717) is 11.5 Å². The summed E-state index contributed by atoms with van der Waals surface area (Å²) in [6.07, 6.45) is 3.23. The van der Waals surface area contributed by atoms with Gasteiger partial charge in [0.05, 0.1) is 7.11 Å². The number of pyridine rings is 1. The van der Waals surface area contributed by atoms with E-state index >= 15 is 0 Å². The highest BCUT2D eigenvalue weighted by molar-refractivity contribution is 5.43. The topological polar surface area (TPSA) is 57.4 Å². The van der Waals surface area contributed by atoms with E-state index in [-0.39, 0.29) is 12.1 Å². The van der Waals surface area contributed by atoms with E-state index < -0.39 is 0 Å². The summed E-state index contributed by atoms with van der Waals surface area (Å²) in [5, 5.41) is 0. The van der Waals surface area contributed by atoms with Gasteiger partial charge in [-0.3, -0.25) is 4.98 Å². The summed E-state index contributed by atoms with van der Waals surface area (Å²) in [6, 6.07) is 9.51. The van der Waals surface area contributed by atoms with Crippen molar-refractivity contribution in [3.05, 3.63) is 53.9 Å². The molecule has 0 aliphatic rings. The number of benzene rings is 1. The summed E-state index contributed by atoms with van der Waals surface area (Å²) in [6.45, 7) is 3.93. The van der Waals surface area contributed by atoms with Gasteiger partial charge in [0.2, 0.25) is 0 Å². The molecule has 0 saturated carbocycles. The smallest absolute Gasteiger partial charge is 0.162 e. The fraction of sp³-hybridized carbons (Fsp3) is 0.312. The molecule has 1 aromatic carbocycles. The summed E-state index contributed by atoms with van der Waals surface area (Å²) in [7, 11) is 1.63. The van der Waals surface area contributed by atoms with Crippen molar-refractivity contribution in [3.63, 3.8) is 0 Å². The number of hydrogen-bond acceptors (Lipinski definition) is 4. The predicted molar refractivity (Wildman–Crippen MR) is 79.0 cm³/mol. The molecular weight excluding hydrogens is 252 g/mol. The van der Waals surface area contributed by atoms with Gasteiger partial charge >= 0.3 is 0 Å². The monoisotopic (exact) mass is 272 g/mol. The van der Waals surface area contributed by atoms with Gasteiger partial charge in [0.25, 0.3) is 0 Å². The van der Waals surface area contributed by atoms with Crippen LogP contribution in [-0.2, 0) is 0 Å². The summed E-state index contributed by atoms with van der Waals surface area (Å²) in [5.74, 6) is 1.40. The van der Waals surface area contributed by atoms with Crippen LogP contribution in [0, 0.1) is 6.92 Å². The maximum Gasteiger partial charge on any atom is 0.162 e. The molecule has 1 aromatic heterocycles. The molecule has 4 nitrogen and oxygen atoms in total. The van der Waals surface area contributed by atoms with Gasteiger partial charge in [-0.05, 0) is 49.2 Å². The minimum Gasteiger partial charge on any atom is -0.493 e. The standard InChI is InChI=1S/C16H20N2O2/c1-11-4-5-14(15(10-11)19-3)20-16(12(2)17)13-6-8-18-9-7-13/h4-10,12,16H,17H2,1-3H3. The quantitative estimate of drug-likeness (QED) is 0.909. The molecule has 2 atom stereocenters. The molecule has 2 unspecified atom stereocenters. The van der Waals surface area contributed by atoms with Gasteiger partial charge < -0.3 is 15.2 Å². The van der Waals surface area contributed by atoms with E-state index in [1.165, 1.54) is 0 Å². The van der Waals surface area contributed by atoms with Crippen LogP contribution in [0.3, 0.4) is 0 Å². The molecule has 0 spiro atoms. The lowest BCUT2D eigenvalue weighted by molar-refractivity contribution is 0.173. The summed E-state index contributed by atoms with van der Waals surface area (Å²) in [5.41, 5.74) is 8.17. The van der Waals surface area contributed by atoms with Crippen molar-refractivity contribution in [2.75, 3.05) is 7.11 Å². The van der Waals surface area contributed by atoms with Crippen LogP contribution in [0.1, 0.15) is 24.2 Å². The largest absolute Gasteiger partial charge is 0.493 e. The average Bonchev–Trinajstić information content (AvgIpc) is 2.46. The lowest BCUT2D eigenvalue weighted by atomic mass is 10.1. The van der Waals surface area contributed by atoms with Crippen LogP contribution < -0.4 is 15.2 Å². The second-order valence-electron chi connectivity index (χ2n) is 4.83. The lowest BCUT2D eigenvalue weighted by Crippen LogP contribution is -2.29. The molecule has 0 saturated heterocycles. The van der Waals surface area contributed by atoms with Crippen LogP contribution in [0.4, 0.5) is 0 Å². The zero-order valence-electron chi connectivity index (χ0n) is 12.0. The highest BCUT2D eigenvalue weighted by Gasteiger charge is 2.19. The first-order chi connectivity index (χ1) is 9.61. The van der Waals surface area contributed by atoms with E-state index in [1.807, 2.05) is 44.2 Å². The van der Waals surface area contributed by atoms with Crippen molar-refractivity contribution in [1.82, 2.24) is 4.98 Å². The number of methoxy groups -OCH3 is 1. The lowest BCUT2D eigenvalue weighted by Gasteiger charge is -2.24. The minimum atomic E-state index is -0.241. The highest BCUT2D eigenvalue weighted by atomic mass is 16.5. The maximum absolute atomic E-state index is 6.06. The van der Waals surface area contributed by atoms with Crippen molar-refractivity contribution < 1.29 is 9.47 Å². The Morgan fingerprint density at radius 1 is 1.10 bits per heavy atom. The fourth-order valence-corrected chi connectivity index (χ4v) is 2.04. The Kier molecular flexibility index (Phi) is 4.58. The molecule has 0 radical (unpaired) electrons. The molecule has 2 N–H and O–H groups in total. The highest BCUT2D eigenvalue weighted by Crippen LogP contribution is 2.32. The molecule has 0 aliphatic carbocycles. The van der Waals surface area contributed by atoms with E-state index in [0.717, 1.165) is 11.1 Å². The zero-order valence-corrected chi connectivity index (χ0v) is 12.0. The summed E-state index contributed by atoms with van der Waals surface area (Å²) < 4.78 is 11.4. The van der Waals surface area contributed by atoms with E-state index in [9.17, 15) is 0 Å². The predicted octanol–water partition coefficient (Wildman–Crippen LogP) is 2.87. The van der Waals surface area contributed by atoms with Crippen LogP contribution in [0.5, 0.6) is 11.5 Å². The van der Waals surface area contributed by atoms with Crippen LogP contribution in [-0.4, -0.2) is 18.1 Å². The molecule has 1 heterocycles. The fourth-order valence-electron chi connectivity index (χ4n) is 2.04. The number of nitrogens with two attached hydrogens (primary N) is 1. The zero-order chi connectivity index (χ0) is 14.5. The number of hydrogen-bond donors (Lipinski definition) is 1. The van der Waals surface area contributed by atoms with Crippen molar-refractivity contribution >= 4 is 0 Å². The molecule has 20 heavy (non-hydrogen) atoms. The number of rotatable bonds is 5. The second kappa shape index (κ2) is 6.39. The van der Waals surface area contributed by atoms with Crippen LogP contribution in [0.2, 0.25) is 0 Å². The second-order valence-corrected chi connectivity index (χ2v) is 4.83. The van der Waals surface area contributed by atoms with Crippen LogP contribution in [0.15, 0.2) is 42.7 Å². The number of nitrogens with zero attached hydrogens (tertiary/aromatic N) is 1. The summed E-state index contributed by atoms with van der Waals surface area (Å²) in [4.78, 5) is 4.02. The maximum atomic E-state index is 6.06. The first kappa shape index (κ1) is 14.3. The average molecular weight is 272 g/mol. The van der Waals surface area contributed by atoms with E-state index in [4.69, 9.17) is 15.2 Å². The Bertz CT molecular complexity index is 556. The summed E-state index contributed by atoms with van der Waals surface area (Å²) >= 11 is 0.